The smallest absolute Gasteiger partial charge is 0.273 e. The van der Waals surface area contributed by atoms with E-state index in [0.717, 1.165) is 12.2 Å². The van der Waals surface area contributed by atoms with Gasteiger partial charge in [0.05, 0.1) is 0 Å². The third-order valence-corrected chi connectivity index (χ3v) is 2.20. The molecule has 0 amide bonds. The topological polar surface area (TPSA) is 60.2 Å². The van der Waals surface area contributed by atoms with Gasteiger partial charge in [-0.1, -0.05) is 11.6 Å². The Morgan fingerprint density at radius 1 is 1.67 bits per heavy atom. The van der Waals surface area contributed by atoms with E-state index in [4.69, 9.17) is 11.6 Å². The first kappa shape index (κ1) is 8.93. The molecule has 0 saturated heterocycles. The quantitative estimate of drug-likeness (QED) is 0.459. The maximum atomic E-state index is 10.7. The summed E-state index contributed by atoms with van der Waals surface area (Å²) in [5.41, 5.74) is -1.44. The number of halogens is 1. The zero-order valence-corrected chi connectivity index (χ0v) is 7.04. The molecule has 0 aromatic rings. The Bertz CT molecular complexity index is 308. The average Bonchev–Trinajstić information content (AvgIpc) is 1.97. The molecule has 1 unspecified atom stereocenters. The van der Waals surface area contributed by atoms with Crippen molar-refractivity contribution in [2.45, 2.75) is 12.5 Å². The second-order valence-electron chi connectivity index (χ2n) is 2.63. The number of carbonyl (C=O) groups is 1. The number of hydrogen-bond acceptors (Lipinski definition) is 3. The van der Waals surface area contributed by atoms with Gasteiger partial charge in [0.15, 0.2) is 5.78 Å². The van der Waals surface area contributed by atoms with Crippen molar-refractivity contribution in [2.75, 3.05) is 0 Å². The van der Waals surface area contributed by atoms with Gasteiger partial charge in [-0.3, -0.25) is 14.9 Å². The highest BCUT2D eigenvalue weighted by Crippen LogP contribution is 2.28. The summed E-state index contributed by atoms with van der Waals surface area (Å²) in [5, 5.41) is 10.5. The van der Waals surface area contributed by atoms with E-state index in [0.29, 0.717) is 0 Å². The van der Waals surface area contributed by atoms with Crippen LogP contribution in [-0.4, -0.2) is 16.2 Å². The van der Waals surface area contributed by atoms with Gasteiger partial charge in [-0.05, 0) is 6.08 Å². The van der Waals surface area contributed by atoms with Crippen molar-refractivity contribution in [1.82, 2.24) is 0 Å². The minimum absolute atomic E-state index is 0.0556. The molecule has 1 rings (SSSR count). The van der Waals surface area contributed by atoms with Gasteiger partial charge < -0.3 is 0 Å². The summed E-state index contributed by atoms with van der Waals surface area (Å²) in [6.07, 6.45) is 3.40. The molecule has 4 nitrogen and oxygen atoms in total. The molecule has 0 aromatic heterocycles. The lowest BCUT2D eigenvalue weighted by molar-refractivity contribution is -0.537. The Labute approximate surface area is 73.7 Å². The van der Waals surface area contributed by atoms with Gasteiger partial charge in [0.2, 0.25) is 0 Å². The van der Waals surface area contributed by atoms with Crippen LogP contribution in [0, 0.1) is 10.1 Å². The van der Waals surface area contributed by atoms with Crippen molar-refractivity contribution in [3.05, 3.63) is 33.4 Å². The molecule has 0 saturated carbocycles. The molecule has 0 aromatic carbocycles. The monoisotopic (exact) mass is 187 g/mol. The summed E-state index contributed by atoms with van der Waals surface area (Å²) < 4.78 is 0. The number of rotatable bonds is 1. The lowest BCUT2D eigenvalue weighted by atomic mass is 9.96. The number of allylic oxidation sites excluding steroid dienone is 2. The summed E-state index contributed by atoms with van der Waals surface area (Å²) >= 11 is 5.56. The van der Waals surface area contributed by atoms with E-state index < -0.39 is 10.5 Å². The first-order valence-corrected chi connectivity index (χ1v) is 3.60. The number of ketones is 1. The number of hydrogen-bond donors (Lipinski definition) is 0. The predicted molar refractivity (Wildman–Crippen MR) is 43.5 cm³/mol. The molecule has 0 bridgehead atoms. The van der Waals surface area contributed by atoms with E-state index in [1.807, 2.05) is 0 Å². The predicted octanol–water partition coefficient (Wildman–Crippen LogP) is 1.28. The van der Waals surface area contributed by atoms with Gasteiger partial charge in [0.25, 0.3) is 5.54 Å². The van der Waals surface area contributed by atoms with Crippen LogP contribution in [0.5, 0.6) is 0 Å². The van der Waals surface area contributed by atoms with Crippen molar-refractivity contribution in [2.24, 2.45) is 0 Å². The molecule has 0 radical (unpaired) electrons. The third kappa shape index (κ3) is 1.25. The zero-order chi connectivity index (χ0) is 9.35. The standard InChI is InChI=1S/C7H6ClNO3/c1-7(9(11)12)3-2-5(10)4-6(7)8/h2-4H,1H3. The van der Waals surface area contributed by atoms with Crippen LogP contribution in [0.4, 0.5) is 0 Å². The van der Waals surface area contributed by atoms with E-state index in [2.05, 4.69) is 0 Å². The Hall–Kier alpha value is -1.16. The number of nitro groups is 1. The van der Waals surface area contributed by atoms with Crippen molar-refractivity contribution < 1.29 is 9.72 Å². The van der Waals surface area contributed by atoms with Gasteiger partial charge in [0.1, 0.15) is 5.03 Å². The highest BCUT2D eigenvalue weighted by Gasteiger charge is 2.40. The molecule has 0 heterocycles. The molecular weight excluding hydrogens is 182 g/mol. The molecular formula is C7H6ClNO3. The van der Waals surface area contributed by atoms with E-state index >= 15 is 0 Å². The zero-order valence-electron chi connectivity index (χ0n) is 6.28. The van der Waals surface area contributed by atoms with Crippen LogP contribution >= 0.6 is 11.6 Å². The Balaban J connectivity index is 3.11. The van der Waals surface area contributed by atoms with E-state index in [9.17, 15) is 14.9 Å². The van der Waals surface area contributed by atoms with E-state index in [-0.39, 0.29) is 10.8 Å². The van der Waals surface area contributed by atoms with Gasteiger partial charge in [0, 0.05) is 24.0 Å². The maximum Gasteiger partial charge on any atom is 0.273 e. The van der Waals surface area contributed by atoms with Gasteiger partial charge in [-0.15, -0.1) is 0 Å². The Morgan fingerprint density at radius 2 is 2.25 bits per heavy atom. The minimum Gasteiger partial charge on any atom is -0.290 e. The van der Waals surface area contributed by atoms with E-state index in [1.165, 1.54) is 13.0 Å². The van der Waals surface area contributed by atoms with Crippen LogP contribution < -0.4 is 0 Å². The molecule has 5 heteroatoms. The molecule has 64 valence electrons. The van der Waals surface area contributed by atoms with Crippen LogP contribution in [0.3, 0.4) is 0 Å². The molecule has 12 heavy (non-hydrogen) atoms. The second-order valence-corrected chi connectivity index (χ2v) is 3.04. The van der Waals surface area contributed by atoms with Crippen molar-refractivity contribution in [1.29, 1.82) is 0 Å². The molecule has 1 aliphatic carbocycles. The van der Waals surface area contributed by atoms with Crippen LogP contribution in [0.2, 0.25) is 0 Å². The molecule has 0 N–H and O–H groups in total. The lowest BCUT2D eigenvalue weighted by Gasteiger charge is -2.17. The van der Waals surface area contributed by atoms with Gasteiger partial charge >= 0.3 is 0 Å². The SMILES string of the molecule is CC1([N+](=O)[O-])C=CC(=O)C=C1Cl. The highest BCUT2D eigenvalue weighted by atomic mass is 35.5. The summed E-state index contributed by atoms with van der Waals surface area (Å²) in [4.78, 5) is 20.7. The minimum atomic E-state index is -1.44. The average molecular weight is 188 g/mol. The fourth-order valence-corrected chi connectivity index (χ4v) is 1.03. The Kier molecular flexibility index (Phi) is 2.02. The first-order chi connectivity index (χ1) is 5.47. The molecule has 1 aliphatic rings. The van der Waals surface area contributed by atoms with Gasteiger partial charge in [-0.25, -0.2) is 0 Å². The number of nitrogens with zero attached hydrogens (tertiary/aromatic N) is 1. The lowest BCUT2D eigenvalue weighted by Crippen LogP contribution is -2.35. The Morgan fingerprint density at radius 3 is 2.67 bits per heavy atom. The molecule has 0 aliphatic heterocycles. The maximum absolute atomic E-state index is 10.7. The van der Waals surface area contributed by atoms with E-state index in [1.54, 1.807) is 0 Å². The molecule has 0 fully saturated rings. The molecule has 1 atom stereocenters. The summed E-state index contributed by atoms with van der Waals surface area (Å²) in [6, 6.07) is 0. The second kappa shape index (κ2) is 2.71. The fourth-order valence-electron chi connectivity index (χ4n) is 0.791. The van der Waals surface area contributed by atoms with Crippen LogP contribution in [-0.2, 0) is 4.79 Å². The normalized spacial score (nSPS) is 28.5. The molecule has 0 spiro atoms. The largest absolute Gasteiger partial charge is 0.290 e. The highest BCUT2D eigenvalue weighted by molar-refractivity contribution is 6.33. The van der Waals surface area contributed by atoms with Crippen LogP contribution in [0.15, 0.2) is 23.3 Å². The number of carbonyl (C=O) groups excluding carboxylic acids is 1. The van der Waals surface area contributed by atoms with Gasteiger partial charge in [-0.2, -0.15) is 0 Å². The van der Waals surface area contributed by atoms with Crippen molar-refractivity contribution >= 4 is 17.4 Å². The van der Waals surface area contributed by atoms with Crippen LogP contribution in [0.25, 0.3) is 0 Å². The summed E-state index contributed by atoms with van der Waals surface area (Å²) in [7, 11) is 0. The summed E-state index contributed by atoms with van der Waals surface area (Å²) in [5.74, 6) is -0.320. The van der Waals surface area contributed by atoms with Crippen LogP contribution in [0.1, 0.15) is 6.92 Å². The summed E-state index contributed by atoms with van der Waals surface area (Å²) in [6.45, 7) is 1.34. The van der Waals surface area contributed by atoms with Crippen molar-refractivity contribution in [3.63, 3.8) is 0 Å². The fraction of sp³-hybridized carbons (Fsp3) is 0.286. The third-order valence-electron chi connectivity index (χ3n) is 1.70. The van der Waals surface area contributed by atoms with Crippen molar-refractivity contribution in [3.8, 4) is 0 Å². The first-order valence-electron chi connectivity index (χ1n) is 3.22.